The summed E-state index contributed by atoms with van der Waals surface area (Å²) in [6.07, 6.45) is 0.313. The van der Waals surface area contributed by atoms with Gasteiger partial charge in [-0.2, -0.15) is 11.8 Å². The molecule has 5 fully saturated rings. The lowest BCUT2D eigenvalue weighted by Crippen LogP contribution is -2.56. The van der Waals surface area contributed by atoms with Crippen LogP contribution in [0.25, 0.3) is 0 Å². The lowest BCUT2D eigenvalue weighted by Gasteiger charge is -2.32. The Morgan fingerprint density at radius 1 is 0.610 bits per heavy atom. The summed E-state index contributed by atoms with van der Waals surface area (Å²) in [6, 6.07) is -6.21. The van der Waals surface area contributed by atoms with Crippen LogP contribution >= 0.6 is 11.8 Å². The summed E-state index contributed by atoms with van der Waals surface area (Å²) in [4.78, 5) is 124. The Kier molecular flexibility index (Phi) is 15.5. The van der Waals surface area contributed by atoms with Crippen molar-refractivity contribution >= 4 is 65.0 Å². The molecule has 8 amide bonds. The number of carboxylic acids is 1. The van der Waals surface area contributed by atoms with Crippen LogP contribution in [0.2, 0.25) is 0 Å². The van der Waals surface area contributed by atoms with Crippen molar-refractivity contribution in [2.45, 2.75) is 106 Å². The number of likely N-dealkylation sites (tertiary alicyclic amines) is 5. The van der Waals surface area contributed by atoms with Crippen molar-refractivity contribution < 1.29 is 63.6 Å². The maximum absolute atomic E-state index is 13.9. The van der Waals surface area contributed by atoms with Crippen LogP contribution < -0.4 is 21.7 Å². The van der Waals surface area contributed by atoms with Crippen molar-refractivity contribution in [3.63, 3.8) is 0 Å². The first-order chi connectivity index (χ1) is 28.0. The number of aliphatic carboxylic acids is 1. The highest BCUT2D eigenvalue weighted by molar-refractivity contribution is 7.98. The average Bonchev–Trinajstić information content (AvgIpc) is 4.06. The minimum Gasteiger partial charge on any atom is -0.480 e. The first-order valence-corrected chi connectivity index (χ1v) is 21.3. The summed E-state index contributed by atoms with van der Waals surface area (Å²) in [5.74, 6) is -5.67. The molecule has 9 atom stereocenters. The van der Waals surface area contributed by atoms with Gasteiger partial charge in [0.2, 0.25) is 47.3 Å². The number of nitrogens with two attached hydrogens (primary N) is 1. The fraction of sp³-hybridized carbons (Fsp3) is 0.750. The van der Waals surface area contributed by atoms with Gasteiger partial charge in [-0.1, -0.05) is 0 Å². The van der Waals surface area contributed by atoms with Crippen molar-refractivity contribution in [2.24, 2.45) is 5.73 Å². The molecule has 22 nitrogen and oxygen atoms in total. The number of nitrogens with zero attached hydrogens (tertiary/aromatic N) is 5. The number of β-amino-alcohol motifs (C(OH)–C–C–N with tert-alkyl or cyclic N) is 3. The van der Waals surface area contributed by atoms with E-state index in [1.165, 1.54) is 31.4 Å². The molecular weight excluding hydrogens is 799 g/mol. The third-order valence-corrected chi connectivity index (χ3v) is 12.1. The second-order valence-corrected chi connectivity index (χ2v) is 16.6. The molecule has 0 aliphatic carbocycles. The van der Waals surface area contributed by atoms with Crippen LogP contribution in [-0.4, -0.2) is 217 Å². The van der Waals surface area contributed by atoms with Crippen molar-refractivity contribution in [2.75, 3.05) is 64.4 Å². The number of hydrogen-bond acceptors (Lipinski definition) is 14. The maximum atomic E-state index is 13.9. The second kappa shape index (κ2) is 20.1. The molecule has 9 N–H and O–H groups in total. The lowest BCUT2D eigenvalue weighted by molar-refractivity contribution is -0.148. The van der Waals surface area contributed by atoms with Gasteiger partial charge in [-0.25, -0.2) is 0 Å². The molecule has 5 rings (SSSR count). The van der Waals surface area contributed by atoms with E-state index in [1.807, 2.05) is 6.26 Å². The second-order valence-electron chi connectivity index (χ2n) is 15.6. The molecule has 23 heteroatoms. The Hall–Kier alpha value is -4.58. The van der Waals surface area contributed by atoms with Crippen molar-refractivity contribution in [1.29, 1.82) is 0 Å². The molecular formula is C36H55N9O13S. The highest BCUT2D eigenvalue weighted by Gasteiger charge is 2.47. The van der Waals surface area contributed by atoms with Gasteiger partial charge in [-0.15, -0.1) is 0 Å². The maximum Gasteiger partial charge on any atom is 0.322 e. The van der Waals surface area contributed by atoms with E-state index in [0.717, 1.165) is 4.90 Å². The molecule has 5 heterocycles. The van der Waals surface area contributed by atoms with Gasteiger partial charge >= 0.3 is 5.97 Å². The lowest BCUT2D eigenvalue weighted by atomic mass is 10.1. The minimum absolute atomic E-state index is 0.0311. The number of aliphatic hydroxyl groups is 3. The third kappa shape index (κ3) is 10.8. The van der Waals surface area contributed by atoms with Crippen molar-refractivity contribution in [1.82, 2.24) is 40.4 Å². The van der Waals surface area contributed by atoms with E-state index in [4.69, 9.17) is 10.8 Å². The first-order valence-electron chi connectivity index (χ1n) is 19.9. The largest absolute Gasteiger partial charge is 0.480 e. The summed E-state index contributed by atoms with van der Waals surface area (Å²) in [5.41, 5.74) is 6.03. The molecule has 0 aromatic carbocycles. The molecule has 0 aromatic heterocycles. The summed E-state index contributed by atoms with van der Waals surface area (Å²) in [5, 5.41) is 47.2. The molecule has 0 unspecified atom stereocenters. The number of thioether (sulfide) groups is 1. The number of nitrogens with one attached hydrogen (secondary N) is 3. The molecule has 5 aliphatic heterocycles. The molecule has 0 saturated carbocycles. The molecule has 0 bridgehead atoms. The van der Waals surface area contributed by atoms with Gasteiger partial charge in [0.15, 0.2) is 0 Å². The highest BCUT2D eigenvalue weighted by atomic mass is 32.2. The van der Waals surface area contributed by atoms with E-state index < -0.39 is 127 Å². The Bertz CT molecular complexity index is 1660. The van der Waals surface area contributed by atoms with Crippen molar-refractivity contribution in [3.05, 3.63) is 0 Å². The Morgan fingerprint density at radius 3 is 1.41 bits per heavy atom. The first kappa shape index (κ1) is 45.5. The number of carbonyl (C=O) groups is 9. The van der Waals surface area contributed by atoms with Crippen LogP contribution in [0.4, 0.5) is 0 Å². The van der Waals surface area contributed by atoms with Gasteiger partial charge in [-0.05, 0) is 44.1 Å². The number of carboxylic acid groups (broad SMARTS) is 1. The number of amides is 8. The van der Waals surface area contributed by atoms with Gasteiger partial charge < -0.3 is 66.6 Å². The zero-order chi connectivity index (χ0) is 43.1. The summed E-state index contributed by atoms with van der Waals surface area (Å²) in [6.45, 7) is -1.85. The molecule has 59 heavy (non-hydrogen) atoms. The smallest absolute Gasteiger partial charge is 0.322 e. The van der Waals surface area contributed by atoms with Crippen LogP contribution in [0.5, 0.6) is 0 Å². The normalized spacial score (nSPS) is 28.5. The predicted molar refractivity (Wildman–Crippen MR) is 205 cm³/mol. The molecule has 0 aromatic rings. The fourth-order valence-corrected chi connectivity index (χ4v) is 9.06. The Labute approximate surface area is 344 Å². The third-order valence-electron chi connectivity index (χ3n) is 11.5. The van der Waals surface area contributed by atoms with E-state index in [-0.39, 0.29) is 64.8 Å². The van der Waals surface area contributed by atoms with Crippen LogP contribution in [0.3, 0.4) is 0 Å². The van der Waals surface area contributed by atoms with E-state index in [0.29, 0.717) is 25.0 Å². The molecule has 328 valence electrons. The molecule has 0 spiro atoms. The van der Waals surface area contributed by atoms with E-state index in [2.05, 4.69) is 16.0 Å². The number of carbonyl (C=O) groups excluding carboxylic acids is 8. The monoisotopic (exact) mass is 853 g/mol. The van der Waals surface area contributed by atoms with Gasteiger partial charge in [-0.3, -0.25) is 43.2 Å². The van der Waals surface area contributed by atoms with Crippen LogP contribution in [0, 0.1) is 0 Å². The number of aliphatic hydroxyl groups excluding tert-OH is 3. The van der Waals surface area contributed by atoms with Gasteiger partial charge in [0.25, 0.3) is 0 Å². The number of rotatable bonds is 15. The number of hydrogen-bond donors (Lipinski definition) is 8. The van der Waals surface area contributed by atoms with Crippen molar-refractivity contribution in [3.8, 4) is 0 Å². The van der Waals surface area contributed by atoms with Gasteiger partial charge in [0.05, 0.1) is 37.4 Å². The molecule has 5 saturated heterocycles. The SMILES string of the molecule is CSCC[C@H](N)C(=O)N1C[C@H](O)C[C@H]1C(=O)NCC(=O)N1CCC[C@H]1C(=O)N1C[C@H](O)C[C@H]1C(=O)NCC(=O)N1CCC[C@H]1C(=O)N1C[C@H](O)C[C@H]1C(=O)NCC(=O)O. The average molecular weight is 854 g/mol. The Morgan fingerprint density at radius 2 is 1.00 bits per heavy atom. The summed E-state index contributed by atoms with van der Waals surface area (Å²) >= 11 is 1.52. The molecule has 0 radical (unpaired) electrons. The highest BCUT2D eigenvalue weighted by Crippen LogP contribution is 2.28. The van der Waals surface area contributed by atoms with Crippen LogP contribution in [-0.2, 0) is 43.2 Å². The zero-order valence-corrected chi connectivity index (χ0v) is 33.7. The van der Waals surface area contributed by atoms with Gasteiger partial charge in [0.1, 0.15) is 36.8 Å². The zero-order valence-electron chi connectivity index (χ0n) is 32.9. The minimum atomic E-state index is -1.29. The summed E-state index contributed by atoms with van der Waals surface area (Å²) < 4.78 is 0. The molecule has 5 aliphatic rings. The van der Waals surface area contributed by atoms with Crippen LogP contribution in [0.1, 0.15) is 51.4 Å². The standard InChI is InChI=1S/C36H55N9O13S/c1-59-9-6-22(37)34(56)43-16-19(46)10-25(43)31(53)38-13-28(49)41-7-2-4-23(41)35(57)44-17-20(47)11-26(44)32(54)39-14-29(50)42-8-3-5-24(42)36(58)45-18-21(48)12-27(45)33(55)40-15-30(51)52/h19-27,46-48H,2-18,37H2,1H3,(H,38,53)(H,39,54)(H,40,55)(H,51,52)/t19-,20-,21-,22+,23+,24+,25+,26+,27+/m1/s1. The van der Waals surface area contributed by atoms with E-state index >= 15 is 0 Å². The van der Waals surface area contributed by atoms with Crippen LogP contribution in [0.15, 0.2) is 0 Å². The fourth-order valence-electron chi connectivity index (χ4n) is 8.57. The summed E-state index contributed by atoms with van der Waals surface area (Å²) in [7, 11) is 0. The Balaban J connectivity index is 1.14. The topological polar surface area (TPSA) is 313 Å². The van der Waals surface area contributed by atoms with E-state index in [9.17, 15) is 58.5 Å². The predicted octanol–water partition coefficient (Wildman–Crippen LogP) is -5.63. The van der Waals surface area contributed by atoms with E-state index in [1.54, 1.807) is 0 Å². The van der Waals surface area contributed by atoms with Gasteiger partial charge in [0, 0.05) is 52.0 Å². The quantitative estimate of drug-likeness (QED) is 0.0762.